The normalized spacial score (nSPS) is 11.5. The number of rotatable bonds is 9. The van der Waals surface area contributed by atoms with Crippen molar-refractivity contribution < 1.29 is 17.9 Å². The minimum Gasteiger partial charge on any atom is -0.398 e. The van der Waals surface area contributed by atoms with Gasteiger partial charge in [-0.05, 0) is 37.5 Å². The lowest BCUT2D eigenvalue weighted by Gasteiger charge is -2.10. The van der Waals surface area contributed by atoms with Gasteiger partial charge < -0.3 is 16.2 Å². The Balaban J connectivity index is 2.64. The molecule has 1 rings (SSSR count). The van der Waals surface area contributed by atoms with Gasteiger partial charge in [0.15, 0.2) is 0 Å². The number of sulfonamides is 1. The number of ether oxygens (including phenoxy) is 1. The van der Waals surface area contributed by atoms with Crippen LogP contribution in [-0.4, -0.2) is 34.6 Å². The first-order chi connectivity index (χ1) is 9.88. The lowest BCUT2D eigenvalue weighted by molar-refractivity contribution is 0.1000. The van der Waals surface area contributed by atoms with Gasteiger partial charge in [0.05, 0.1) is 5.69 Å². The number of carbonyl (C=O) groups is 1. The van der Waals surface area contributed by atoms with E-state index in [0.29, 0.717) is 19.6 Å². The molecule has 0 aliphatic rings. The molecule has 0 aliphatic heterocycles. The SMILES string of the molecule is COCCCCCNS(=O)(=O)c1ccc(C(N)=O)cc1N. The number of carbonyl (C=O) groups excluding carboxylic acids is 1. The second kappa shape index (κ2) is 7.96. The van der Waals surface area contributed by atoms with Crippen LogP contribution in [0.25, 0.3) is 0 Å². The Morgan fingerprint density at radius 2 is 2.00 bits per heavy atom. The summed E-state index contributed by atoms with van der Waals surface area (Å²) in [5.74, 6) is -0.656. The molecule has 5 N–H and O–H groups in total. The quantitative estimate of drug-likeness (QED) is 0.451. The molecule has 1 aromatic rings. The van der Waals surface area contributed by atoms with Crippen molar-refractivity contribution >= 4 is 21.6 Å². The number of methoxy groups -OCH3 is 1. The molecule has 1 aromatic carbocycles. The first-order valence-electron chi connectivity index (χ1n) is 6.56. The minimum absolute atomic E-state index is 0.00168. The molecular weight excluding hydrogens is 294 g/mol. The zero-order valence-electron chi connectivity index (χ0n) is 12.0. The molecule has 0 heterocycles. The highest BCUT2D eigenvalue weighted by atomic mass is 32.2. The summed E-state index contributed by atoms with van der Waals surface area (Å²) in [4.78, 5) is 11.0. The van der Waals surface area contributed by atoms with Gasteiger partial charge in [-0.25, -0.2) is 13.1 Å². The van der Waals surface area contributed by atoms with E-state index in [-0.39, 0.29) is 16.1 Å². The molecule has 0 aromatic heterocycles. The predicted molar refractivity (Wildman–Crippen MR) is 80.3 cm³/mol. The number of nitrogens with one attached hydrogen (secondary N) is 1. The summed E-state index contributed by atoms with van der Waals surface area (Å²) in [7, 11) is -2.06. The van der Waals surface area contributed by atoms with E-state index in [1.807, 2.05) is 0 Å². The van der Waals surface area contributed by atoms with E-state index in [2.05, 4.69) is 4.72 Å². The number of hydrogen-bond acceptors (Lipinski definition) is 5. The molecule has 8 heteroatoms. The van der Waals surface area contributed by atoms with Crippen molar-refractivity contribution in [3.8, 4) is 0 Å². The third-order valence-corrected chi connectivity index (χ3v) is 4.44. The number of amides is 1. The molecule has 1 amide bonds. The number of hydrogen-bond donors (Lipinski definition) is 3. The van der Waals surface area contributed by atoms with Crippen LogP contribution in [-0.2, 0) is 14.8 Å². The summed E-state index contributed by atoms with van der Waals surface area (Å²) in [5.41, 5.74) is 11.0. The maximum atomic E-state index is 12.1. The summed E-state index contributed by atoms with van der Waals surface area (Å²) in [6.07, 6.45) is 2.46. The monoisotopic (exact) mass is 315 g/mol. The van der Waals surface area contributed by atoms with Gasteiger partial charge in [-0.3, -0.25) is 4.79 Å². The van der Waals surface area contributed by atoms with Gasteiger partial charge >= 0.3 is 0 Å². The van der Waals surface area contributed by atoms with Crippen LogP contribution < -0.4 is 16.2 Å². The van der Waals surface area contributed by atoms with Crippen molar-refractivity contribution in [1.29, 1.82) is 0 Å². The van der Waals surface area contributed by atoms with Gasteiger partial charge in [-0.15, -0.1) is 0 Å². The third kappa shape index (κ3) is 5.33. The zero-order valence-corrected chi connectivity index (χ0v) is 12.8. The van der Waals surface area contributed by atoms with Gasteiger partial charge in [0.2, 0.25) is 15.9 Å². The number of unbranched alkanes of at least 4 members (excludes halogenated alkanes) is 2. The molecule has 7 nitrogen and oxygen atoms in total. The van der Waals surface area contributed by atoms with Crippen LogP contribution >= 0.6 is 0 Å². The van der Waals surface area contributed by atoms with E-state index in [0.717, 1.165) is 12.8 Å². The second-order valence-electron chi connectivity index (χ2n) is 4.57. The van der Waals surface area contributed by atoms with Crippen LogP contribution in [0.3, 0.4) is 0 Å². The molecule has 0 fully saturated rings. The molecular formula is C13H21N3O4S. The molecule has 21 heavy (non-hydrogen) atoms. The summed E-state index contributed by atoms with van der Waals surface area (Å²) in [6.45, 7) is 0.983. The molecule has 118 valence electrons. The zero-order chi connectivity index (χ0) is 15.9. The van der Waals surface area contributed by atoms with E-state index in [9.17, 15) is 13.2 Å². The third-order valence-electron chi connectivity index (χ3n) is 2.90. The molecule has 0 saturated heterocycles. The van der Waals surface area contributed by atoms with Crippen LogP contribution in [0.5, 0.6) is 0 Å². The summed E-state index contributed by atoms with van der Waals surface area (Å²) in [5, 5.41) is 0. The molecule has 0 unspecified atom stereocenters. The van der Waals surface area contributed by atoms with Crippen molar-refractivity contribution in [2.75, 3.05) is 26.0 Å². The van der Waals surface area contributed by atoms with Gasteiger partial charge in [-0.1, -0.05) is 0 Å². The molecule has 0 saturated carbocycles. The molecule has 0 atom stereocenters. The molecule has 0 spiro atoms. The fourth-order valence-electron chi connectivity index (χ4n) is 1.78. The Labute approximate surface area is 124 Å². The van der Waals surface area contributed by atoms with E-state index >= 15 is 0 Å². The Kier molecular flexibility index (Phi) is 6.60. The van der Waals surface area contributed by atoms with Gasteiger partial charge in [0.1, 0.15) is 4.90 Å². The van der Waals surface area contributed by atoms with E-state index < -0.39 is 15.9 Å². The van der Waals surface area contributed by atoms with Crippen LogP contribution in [0.2, 0.25) is 0 Å². The lowest BCUT2D eigenvalue weighted by atomic mass is 10.2. The average Bonchev–Trinajstić information content (AvgIpc) is 2.42. The number of nitrogen functional groups attached to an aromatic ring is 1. The number of primary amides is 1. The van der Waals surface area contributed by atoms with Crippen LogP contribution in [0.15, 0.2) is 23.1 Å². The number of anilines is 1. The highest BCUT2D eigenvalue weighted by Gasteiger charge is 2.17. The Morgan fingerprint density at radius 3 is 2.57 bits per heavy atom. The standard InChI is InChI=1S/C13H21N3O4S/c1-20-8-4-2-3-7-16-21(18,19)12-6-5-10(13(15)17)9-11(12)14/h5-6,9,16H,2-4,7-8,14H2,1H3,(H2,15,17). The minimum atomic E-state index is -3.68. The van der Waals surface area contributed by atoms with Crippen molar-refractivity contribution in [3.63, 3.8) is 0 Å². The Hall–Kier alpha value is -1.64. The van der Waals surface area contributed by atoms with Crippen molar-refractivity contribution in [3.05, 3.63) is 23.8 Å². The van der Waals surface area contributed by atoms with E-state index in [4.69, 9.17) is 16.2 Å². The fraction of sp³-hybridized carbons (Fsp3) is 0.462. The second-order valence-corrected chi connectivity index (χ2v) is 6.30. The van der Waals surface area contributed by atoms with E-state index in [1.165, 1.54) is 18.2 Å². The summed E-state index contributed by atoms with van der Waals surface area (Å²) < 4.78 is 31.6. The summed E-state index contributed by atoms with van der Waals surface area (Å²) in [6, 6.07) is 3.88. The van der Waals surface area contributed by atoms with Crippen molar-refractivity contribution in [1.82, 2.24) is 4.72 Å². The smallest absolute Gasteiger partial charge is 0.248 e. The number of benzene rings is 1. The van der Waals surface area contributed by atoms with E-state index in [1.54, 1.807) is 7.11 Å². The van der Waals surface area contributed by atoms with Gasteiger partial charge in [0, 0.05) is 25.8 Å². The van der Waals surface area contributed by atoms with Crippen molar-refractivity contribution in [2.24, 2.45) is 5.73 Å². The van der Waals surface area contributed by atoms with Crippen LogP contribution in [0, 0.1) is 0 Å². The topological polar surface area (TPSA) is 125 Å². The molecule has 0 bridgehead atoms. The highest BCUT2D eigenvalue weighted by molar-refractivity contribution is 7.89. The first-order valence-corrected chi connectivity index (χ1v) is 8.04. The first kappa shape index (κ1) is 17.4. The Morgan fingerprint density at radius 1 is 1.29 bits per heavy atom. The maximum Gasteiger partial charge on any atom is 0.248 e. The summed E-state index contributed by atoms with van der Waals surface area (Å²) >= 11 is 0. The lowest BCUT2D eigenvalue weighted by Crippen LogP contribution is -2.26. The largest absolute Gasteiger partial charge is 0.398 e. The Bertz CT molecular complexity index is 587. The van der Waals surface area contributed by atoms with Gasteiger partial charge in [-0.2, -0.15) is 0 Å². The molecule has 0 aliphatic carbocycles. The van der Waals surface area contributed by atoms with Crippen LogP contribution in [0.4, 0.5) is 5.69 Å². The fourth-order valence-corrected chi connectivity index (χ4v) is 2.96. The number of nitrogens with two attached hydrogens (primary N) is 2. The maximum absolute atomic E-state index is 12.1. The van der Waals surface area contributed by atoms with Crippen molar-refractivity contribution in [2.45, 2.75) is 24.2 Å². The molecule has 0 radical (unpaired) electrons. The predicted octanol–water partition coefficient (Wildman–Crippen LogP) is 0.463. The highest BCUT2D eigenvalue weighted by Crippen LogP contribution is 2.19. The van der Waals surface area contributed by atoms with Gasteiger partial charge in [0.25, 0.3) is 0 Å². The van der Waals surface area contributed by atoms with Crippen LogP contribution in [0.1, 0.15) is 29.6 Å². The average molecular weight is 315 g/mol.